The zero-order chi connectivity index (χ0) is 22.9. The number of aliphatic hydroxyl groups excluding tert-OH is 4. The van der Waals surface area contributed by atoms with E-state index < -0.39 is 0 Å². The topological polar surface area (TPSA) is 122 Å². The van der Waals surface area contributed by atoms with E-state index in [2.05, 4.69) is 27.7 Å². The molecule has 6 nitrogen and oxygen atoms in total. The quantitative estimate of drug-likeness (QED) is 0.265. The molecule has 0 radical (unpaired) electrons. The van der Waals surface area contributed by atoms with Crippen LogP contribution < -0.4 is 0 Å². The van der Waals surface area contributed by atoms with Gasteiger partial charge in [0.05, 0.1) is 24.4 Å². The van der Waals surface area contributed by atoms with Gasteiger partial charge in [-0.05, 0) is 52.4 Å². The summed E-state index contributed by atoms with van der Waals surface area (Å²) in [5, 5.41) is 35.4. The fraction of sp³-hybridized carbons (Fsp3) is 1.00. The molecule has 188 valence electrons. The number of unbranched alkanes of at least 4 members (excludes halogenated alkanes) is 4. The molecule has 0 aliphatic carbocycles. The molecule has 0 bridgehead atoms. The first-order chi connectivity index (χ1) is 13.8. The highest BCUT2D eigenvalue weighted by atomic mass is 16.5. The van der Waals surface area contributed by atoms with E-state index in [1.54, 1.807) is 6.92 Å². The number of rotatable bonds is 16. The predicted molar refractivity (Wildman–Crippen MR) is 128 cm³/mol. The molecule has 4 unspecified atom stereocenters. The lowest BCUT2D eigenvalue weighted by molar-refractivity contribution is 0.0109. The Bertz CT molecular complexity index is 272. The van der Waals surface area contributed by atoms with Crippen LogP contribution >= 0.6 is 0 Å². The molecule has 6 N–H and O–H groups in total. The molecule has 4 atom stereocenters. The number of hydrogen-bond donors (Lipinski definition) is 4. The molecule has 0 saturated heterocycles. The van der Waals surface area contributed by atoms with Crippen molar-refractivity contribution in [3.05, 3.63) is 0 Å². The third-order valence-electron chi connectivity index (χ3n) is 4.35. The van der Waals surface area contributed by atoms with Crippen molar-refractivity contribution < 1.29 is 30.6 Å². The molecule has 6 heteroatoms. The molecule has 0 aromatic carbocycles. The maximum Gasteiger partial charge on any atom is 0.0599 e. The van der Waals surface area contributed by atoms with E-state index in [0.717, 1.165) is 58.0 Å². The second-order valence-electron chi connectivity index (χ2n) is 8.03. The van der Waals surface area contributed by atoms with Crippen LogP contribution in [0.3, 0.4) is 0 Å². The molecule has 0 saturated carbocycles. The summed E-state index contributed by atoms with van der Waals surface area (Å²) in [5.41, 5.74) is 0. The molecule has 0 aromatic rings. The standard InChI is InChI=1S/C12H26O2.C8H18O2.C4H10O.H2O/c1-4-6-8-12(10-11(3)13)14-9-7-5-2;1-3-4-5-8(10)6-7(2)9;1-2-3-4-5;/h11-13H,4-10H2,1-3H3;7-10H,3-6H2,1-2H3;5H,2-4H2,1H3;1H2. The van der Waals surface area contributed by atoms with Crippen molar-refractivity contribution in [1.82, 2.24) is 0 Å². The number of hydrogen-bond acceptors (Lipinski definition) is 5. The van der Waals surface area contributed by atoms with Crippen molar-refractivity contribution >= 4 is 0 Å². The van der Waals surface area contributed by atoms with E-state index in [0.29, 0.717) is 13.0 Å². The molecule has 0 amide bonds. The number of ether oxygens (including phenoxy) is 1. The lowest BCUT2D eigenvalue weighted by Gasteiger charge is -2.18. The maximum atomic E-state index is 9.30. The maximum absolute atomic E-state index is 9.30. The summed E-state index contributed by atoms with van der Waals surface area (Å²) in [6, 6.07) is 0. The van der Waals surface area contributed by atoms with Crippen LogP contribution in [0.1, 0.15) is 119 Å². The molecule has 0 aliphatic heterocycles. The van der Waals surface area contributed by atoms with E-state index in [-0.39, 0.29) is 29.9 Å². The Morgan fingerprint density at radius 3 is 1.50 bits per heavy atom. The van der Waals surface area contributed by atoms with Crippen molar-refractivity contribution in [3.63, 3.8) is 0 Å². The van der Waals surface area contributed by atoms with Crippen molar-refractivity contribution in [1.29, 1.82) is 0 Å². The first-order valence-corrected chi connectivity index (χ1v) is 12.0. The molecule has 0 heterocycles. The second-order valence-corrected chi connectivity index (χ2v) is 8.03. The average molecular weight is 441 g/mol. The summed E-state index contributed by atoms with van der Waals surface area (Å²) in [7, 11) is 0. The van der Waals surface area contributed by atoms with E-state index in [1.165, 1.54) is 19.3 Å². The van der Waals surface area contributed by atoms with Crippen LogP contribution in [0.25, 0.3) is 0 Å². The lowest BCUT2D eigenvalue weighted by Crippen LogP contribution is -2.19. The summed E-state index contributed by atoms with van der Waals surface area (Å²) in [6.45, 7) is 13.2. The number of aliphatic hydroxyl groups is 4. The van der Waals surface area contributed by atoms with Crippen LogP contribution in [0.15, 0.2) is 0 Å². The van der Waals surface area contributed by atoms with Crippen LogP contribution in [0, 0.1) is 0 Å². The van der Waals surface area contributed by atoms with Gasteiger partial charge in [0.15, 0.2) is 0 Å². The highest BCUT2D eigenvalue weighted by Crippen LogP contribution is 2.12. The molecule has 0 aromatic heterocycles. The monoisotopic (exact) mass is 440 g/mol. The minimum absolute atomic E-state index is 0. The molecular weight excluding hydrogens is 384 g/mol. The average Bonchev–Trinajstić information content (AvgIpc) is 2.65. The SMILES string of the molecule is CCCCC(O)CC(C)O.CCCCO.CCCCOC(CCCC)CC(C)O.O. The van der Waals surface area contributed by atoms with Crippen LogP contribution in [0.4, 0.5) is 0 Å². The molecule has 0 aliphatic rings. The Morgan fingerprint density at radius 2 is 1.13 bits per heavy atom. The van der Waals surface area contributed by atoms with Gasteiger partial charge < -0.3 is 30.6 Å². The van der Waals surface area contributed by atoms with Crippen LogP contribution in [0.2, 0.25) is 0 Å². The van der Waals surface area contributed by atoms with E-state index in [9.17, 15) is 10.2 Å². The van der Waals surface area contributed by atoms with E-state index >= 15 is 0 Å². The molecular formula is C24H56O6. The first kappa shape index (κ1) is 37.1. The zero-order valence-electron chi connectivity index (χ0n) is 20.9. The minimum atomic E-state index is -0.369. The third kappa shape index (κ3) is 38.4. The van der Waals surface area contributed by atoms with Crippen molar-refractivity contribution in [3.8, 4) is 0 Å². The molecule has 30 heavy (non-hydrogen) atoms. The van der Waals surface area contributed by atoms with Gasteiger partial charge in [0.1, 0.15) is 0 Å². The minimum Gasteiger partial charge on any atom is -0.412 e. The summed E-state index contributed by atoms with van der Waals surface area (Å²) in [5.74, 6) is 0. The van der Waals surface area contributed by atoms with Crippen molar-refractivity contribution in [2.75, 3.05) is 13.2 Å². The molecule has 0 spiro atoms. The van der Waals surface area contributed by atoms with Gasteiger partial charge in [-0.25, -0.2) is 0 Å². The largest absolute Gasteiger partial charge is 0.412 e. The van der Waals surface area contributed by atoms with Crippen LogP contribution in [0.5, 0.6) is 0 Å². The summed E-state index contributed by atoms with van der Waals surface area (Å²) < 4.78 is 5.74. The van der Waals surface area contributed by atoms with Crippen molar-refractivity contribution in [2.45, 2.75) is 143 Å². The predicted octanol–water partition coefficient (Wildman–Crippen LogP) is 4.40. The second kappa shape index (κ2) is 30.9. The lowest BCUT2D eigenvalue weighted by atomic mass is 10.1. The highest BCUT2D eigenvalue weighted by Gasteiger charge is 2.11. The Labute approximate surface area is 187 Å². The summed E-state index contributed by atoms with van der Waals surface area (Å²) >= 11 is 0. The first-order valence-electron chi connectivity index (χ1n) is 12.0. The van der Waals surface area contributed by atoms with Crippen molar-refractivity contribution in [2.24, 2.45) is 0 Å². The van der Waals surface area contributed by atoms with Crippen LogP contribution in [-0.2, 0) is 4.74 Å². The normalized spacial score (nSPS) is 14.2. The Balaban J connectivity index is -0.000000185. The molecule has 0 rings (SSSR count). The van der Waals surface area contributed by atoms with Gasteiger partial charge >= 0.3 is 0 Å². The van der Waals surface area contributed by atoms with Gasteiger partial charge in [-0.15, -0.1) is 0 Å². The highest BCUT2D eigenvalue weighted by molar-refractivity contribution is 4.62. The fourth-order valence-corrected chi connectivity index (χ4v) is 2.59. The van der Waals surface area contributed by atoms with Gasteiger partial charge in [0.2, 0.25) is 0 Å². The van der Waals surface area contributed by atoms with Gasteiger partial charge in [-0.3, -0.25) is 0 Å². The van der Waals surface area contributed by atoms with E-state index in [1.807, 2.05) is 6.92 Å². The Morgan fingerprint density at radius 1 is 0.667 bits per heavy atom. The van der Waals surface area contributed by atoms with Gasteiger partial charge in [-0.1, -0.05) is 66.2 Å². The molecule has 0 fully saturated rings. The van der Waals surface area contributed by atoms with Gasteiger partial charge in [0, 0.05) is 13.2 Å². The summed E-state index contributed by atoms with van der Waals surface area (Å²) in [6.07, 6.45) is 11.5. The van der Waals surface area contributed by atoms with Gasteiger partial charge in [-0.2, -0.15) is 0 Å². The smallest absolute Gasteiger partial charge is 0.0599 e. The third-order valence-corrected chi connectivity index (χ3v) is 4.35. The summed E-state index contributed by atoms with van der Waals surface area (Å²) in [4.78, 5) is 0. The van der Waals surface area contributed by atoms with E-state index in [4.69, 9.17) is 14.9 Å². The van der Waals surface area contributed by atoms with Gasteiger partial charge in [0.25, 0.3) is 0 Å². The zero-order valence-corrected chi connectivity index (χ0v) is 20.9. The Kier molecular flexibility index (Phi) is 38.3. The fourth-order valence-electron chi connectivity index (χ4n) is 2.59. The van der Waals surface area contributed by atoms with Crippen LogP contribution in [-0.4, -0.2) is 63.5 Å². The Hall–Kier alpha value is -0.240.